The molecule has 0 aromatic carbocycles. The summed E-state index contributed by atoms with van der Waals surface area (Å²) in [6.45, 7) is 4.19. The number of hydrogen-bond donors (Lipinski definition) is 0. The molecular formula is C10H20N2O2S2. The second-order valence-electron chi connectivity index (χ2n) is 3.44. The number of hydrogen-bond acceptors (Lipinski definition) is 6. The van der Waals surface area contributed by atoms with Gasteiger partial charge in [-0.2, -0.15) is 0 Å². The molecule has 4 nitrogen and oxygen atoms in total. The Morgan fingerprint density at radius 3 is 1.50 bits per heavy atom. The number of unbranched alkanes of at least 4 members (excludes halogenated alkanes) is 2. The molecule has 6 heteroatoms. The van der Waals surface area contributed by atoms with Gasteiger partial charge in [0.25, 0.3) is 0 Å². The first kappa shape index (κ1) is 15.9. The van der Waals surface area contributed by atoms with E-state index in [0.717, 1.165) is 37.2 Å². The van der Waals surface area contributed by atoms with Crippen LogP contribution < -0.4 is 0 Å². The van der Waals surface area contributed by atoms with Crippen LogP contribution in [0, 0.1) is 9.81 Å². The maximum absolute atomic E-state index is 10.6. The summed E-state index contributed by atoms with van der Waals surface area (Å²) in [5.74, 6) is 1.74. The van der Waals surface area contributed by atoms with Crippen molar-refractivity contribution in [3.8, 4) is 0 Å². The largest absolute Gasteiger partial charge is 0.172 e. The minimum atomic E-state index is -0.522. The van der Waals surface area contributed by atoms with Gasteiger partial charge in [0.15, 0.2) is 10.7 Å². The van der Waals surface area contributed by atoms with E-state index in [4.69, 9.17) is 0 Å². The molecule has 16 heavy (non-hydrogen) atoms. The first-order chi connectivity index (χ1) is 7.79. The summed E-state index contributed by atoms with van der Waals surface area (Å²) in [6.07, 6.45) is 4.26. The summed E-state index contributed by atoms with van der Waals surface area (Å²) in [5, 5.41) is 4.97. The van der Waals surface area contributed by atoms with E-state index in [-0.39, 0.29) is 0 Å². The van der Waals surface area contributed by atoms with Crippen LogP contribution in [0.15, 0.2) is 10.4 Å². The summed E-state index contributed by atoms with van der Waals surface area (Å²) < 4.78 is 0. The van der Waals surface area contributed by atoms with Crippen LogP contribution in [0.4, 0.5) is 0 Å². The zero-order valence-corrected chi connectivity index (χ0v) is 11.6. The first-order valence-corrected chi connectivity index (χ1v) is 7.78. The van der Waals surface area contributed by atoms with Gasteiger partial charge in [-0.15, -0.1) is 33.3 Å². The van der Waals surface area contributed by atoms with Gasteiger partial charge in [0, 0.05) is 0 Å². The normalized spacial score (nSPS) is 14.4. The van der Waals surface area contributed by atoms with Crippen LogP contribution in [0.1, 0.15) is 39.5 Å². The molecule has 0 rings (SSSR count). The van der Waals surface area contributed by atoms with E-state index in [2.05, 4.69) is 24.2 Å². The van der Waals surface area contributed by atoms with Crippen LogP contribution in [0.5, 0.6) is 0 Å². The van der Waals surface area contributed by atoms with Crippen LogP contribution in [-0.4, -0.2) is 22.3 Å². The van der Waals surface area contributed by atoms with Crippen molar-refractivity contribution >= 4 is 23.5 Å². The fourth-order valence-electron chi connectivity index (χ4n) is 1.03. The van der Waals surface area contributed by atoms with Gasteiger partial charge in [-0.1, -0.05) is 37.0 Å². The van der Waals surface area contributed by atoms with Gasteiger partial charge in [0.05, 0.1) is 0 Å². The fourth-order valence-corrected chi connectivity index (χ4v) is 3.44. The molecule has 0 saturated carbocycles. The molecule has 0 bridgehead atoms. The average Bonchev–Trinajstić information content (AvgIpc) is 2.31. The van der Waals surface area contributed by atoms with E-state index >= 15 is 0 Å². The summed E-state index contributed by atoms with van der Waals surface area (Å²) in [5.41, 5.74) is 0. The van der Waals surface area contributed by atoms with Gasteiger partial charge in [-0.05, 0) is 24.3 Å². The Morgan fingerprint density at radius 1 is 0.875 bits per heavy atom. The molecule has 94 valence electrons. The molecule has 0 aliphatic carbocycles. The van der Waals surface area contributed by atoms with E-state index in [9.17, 15) is 9.81 Å². The van der Waals surface area contributed by atoms with E-state index in [1.54, 1.807) is 0 Å². The van der Waals surface area contributed by atoms with Crippen molar-refractivity contribution < 1.29 is 0 Å². The highest BCUT2D eigenvalue weighted by Gasteiger charge is 2.23. The second kappa shape index (κ2) is 11.4. The summed E-state index contributed by atoms with van der Waals surface area (Å²) >= 11 is 2.89. The zero-order valence-electron chi connectivity index (χ0n) is 9.92. The Hall–Kier alpha value is -0.100. The Kier molecular flexibility index (Phi) is 11.3. The summed E-state index contributed by atoms with van der Waals surface area (Å²) in [4.78, 5) is 21.3. The quantitative estimate of drug-likeness (QED) is 0.414. The average molecular weight is 264 g/mol. The Bertz CT molecular complexity index is 174. The van der Waals surface area contributed by atoms with Crippen molar-refractivity contribution in [1.29, 1.82) is 0 Å². The van der Waals surface area contributed by atoms with Crippen LogP contribution in [0.2, 0.25) is 0 Å². The topological polar surface area (TPSA) is 58.9 Å². The lowest BCUT2D eigenvalue weighted by atomic mass is 10.4. The van der Waals surface area contributed by atoms with Gasteiger partial charge in [-0.3, -0.25) is 0 Å². The van der Waals surface area contributed by atoms with Gasteiger partial charge in [0.2, 0.25) is 0 Å². The van der Waals surface area contributed by atoms with Crippen LogP contribution in [0.3, 0.4) is 0 Å². The minimum absolute atomic E-state index is 0.522. The lowest BCUT2D eigenvalue weighted by molar-refractivity contribution is 0.825. The van der Waals surface area contributed by atoms with Crippen LogP contribution in [0.25, 0.3) is 0 Å². The monoisotopic (exact) mass is 264 g/mol. The lowest BCUT2D eigenvalue weighted by Gasteiger charge is -2.13. The SMILES string of the molecule is CCCCSC(N=O)C(N=O)SCCCC. The van der Waals surface area contributed by atoms with Crippen molar-refractivity contribution in [2.24, 2.45) is 10.4 Å². The van der Waals surface area contributed by atoms with E-state index in [0.29, 0.717) is 0 Å². The number of nitroso groups, excluding NO2 is 2. The first-order valence-electron chi connectivity index (χ1n) is 5.68. The van der Waals surface area contributed by atoms with Crippen molar-refractivity contribution in [3.05, 3.63) is 9.81 Å². The van der Waals surface area contributed by atoms with Crippen LogP contribution >= 0.6 is 23.5 Å². The maximum Gasteiger partial charge on any atom is 0.172 e. The Balaban J connectivity index is 3.95. The van der Waals surface area contributed by atoms with Crippen molar-refractivity contribution in [1.82, 2.24) is 0 Å². The molecule has 0 aliphatic heterocycles. The third kappa shape index (κ3) is 7.22. The standard InChI is InChI=1S/C10H20N2O2S2/c1-3-5-7-15-9(11-13)10(12-14)16-8-6-4-2/h9-10H,3-8H2,1-2H3. The molecule has 0 fully saturated rings. The van der Waals surface area contributed by atoms with E-state index in [1.165, 1.54) is 23.5 Å². The Labute approximate surface area is 106 Å². The predicted octanol–water partition coefficient (Wildman–Crippen LogP) is 4.24. The molecular weight excluding hydrogens is 244 g/mol. The van der Waals surface area contributed by atoms with E-state index < -0.39 is 10.7 Å². The predicted molar refractivity (Wildman–Crippen MR) is 73.9 cm³/mol. The number of thioether (sulfide) groups is 2. The highest BCUT2D eigenvalue weighted by molar-refractivity contribution is 8.03. The fraction of sp³-hybridized carbons (Fsp3) is 1.00. The molecule has 2 atom stereocenters. The molecule has 0 aromatic rings. The number of nitrogens with zero attached hydrogens (tertiary/aromatic N) is 2. The maximum atomic E-state index is 10.6. The summed E-state index contributed by atoms with van der Waals surface area (Å²) in [7, 11) is 0. The Morgan fingerprint density at radius 2 is 1.25 bits per heavy atom. The second-order valence-corrected chi connectivity index (χ2v) is 5.89. The molecule has 0 amide bonds. The highest BCUT2D eigenvalue weighted by atomic mass is 32.2. The number of rotatable bonds is 11. The van der Waals surface area contributed by atoms with Crippen LogP contribution in [-0.2, 0) is 0 Å². The molecule has 0 spiro atoms. The van der Waals surface area contributed by atoms with E-state index in [1.807, 2.05) is 0 Å². The van der Waals surface area contributed by atoms with Gasteiger partial charge in [0.1, 0.15) is 0 Å². The van der Waals surface area contributed by atoms with Gasteiger partial charge >= 0.3 is 0 Å². The van der Waals surface area contributed by atoms with Gasteiger partial charge < -0.3 is 0 Å². The molecule has 0 heterocycles. The van der Waals surface area contributed by atoms with Gasteiger partial charge in [-0.25, -0.2) is 0 Å². The molecule has 0 N–H and O–H groups in total. The summed E-state index contributed by atoms with van der Waals surface area (Å²) in [6, 6.07) is 0. The highest BCUT2D eigenvalue weighted by Crippen LogP contribution is 2.28. The van der Waals surface area contributed by atoms with Crippen molar-refractivity contribution in [2.45, 2.75) is 50.3 Å². The smallest absolute Gasteiger partial charge is 0.149 e. The molecule has 0 aliphatic rings. The molecule has 0 saturated heterocycles. The van der Waals surface area contributed by atoms with Crippen molar-refractivity contribution in [2.75, 3.05) is 11.5 Å². The molecule has 2 unspecified atom stereocenters. The lowest BCUT2D eigenvalue weighted by Crippen LogP contribution is -2.16. The third-order valence-corrected chi connectivity index (χ3v) is 4.62. The van der Waals surface area contributed by atoms with Crippen molar-refractivity contribution in [3.63, 3.8) is 0 Å². The minimum Gasteiger partial charge on any atom is -0.149 e. The molecule has 0 aromatic heterocycles. The molecule has 0 radical (unpaired) electrons. The third-order valence-electron chi connectivity index (χ3n) is 2.02. The zero-order chi connectivity index (χ0) is 12.2.